The first kappa shape index (κ1) is 20.4. The van der Waals surface area contributed by atoms with Crippen LogP contribution in [0, 0.1) is 6.92 Å². The van der Waals surface area contributed by atoms with E-state index in [0.717, 1.165) is 39.0 Å². The highest BCUT2D eigenvalue weighted by Gasteiger charge is 2.22. The Kier molecular flexibility index (Phi) is 6.33. The zero-order valence-electron chi connectivity index (χ0n) is 17.6. The van der Waals surface area contributed by atoms with E-state index in [-0.39, 0.29) is 18.4 Å². The molecule has 4 rings (SSSR count). The van der Waals surface area contributed by atoms with E-state index in [1.165, 1.54) is 22.4 Å². The minimum atomic E-state index is -0.179. The quantitative estimate of drug-likeness (QED) is 0.812. The molecule has 0 spiro atoms. The number of para-hydroxylation sites is 1. The fourth-order valence-electron chi connectivity index (χ4n) is 4.30. The van der Waals surface area contributed by atoms with Gasteiger partial charge in [-0.3, -0.25) is 9.59 Å². The Balaban J connectivity index is 1.28. The molecule has 2 amide bonds. The van der Waals surface area contributed by atoms with Gasteiger partial charge in [-0.2, -0.15) is 0 Å². The number of anilines is 1. The average Bonchev–Trinajstić information content (AvgIpc) is 3.02. The fourth-order valence-corrected chi connectivity index (χ4v) is 4.30. The van der Waals surface area contributed by atoms with Crippen LogP contribution in [-0.2, 0) is 17.6 Å². The molecular weight excluding hydrogens is 376 g/mol. The van der Waals surface area contributed by atoms with E-state index in [4.69, 9.17) is 0 Å². The lowest BCUT2D eigenvalue weighted by molar-refractivity contribution is -0.130. The summed E-state index contributed by atoms with van der Waals surface area (Å²) in [4.78, 5) is 29.3. The van der Waals surface area contributed by atoms with Crippen molar-refractivity contribution in [2.45, 2.75) is 19.8 Å². The van der Waals surface area contributed by atoms with Crippen molar-refractivity contribution in [3.05, 3.63) is 64.7 Å². The molecule has 2 heterocycles. The third-order valence-electron chi connectivity index (χ3n) is 6.10. The summed E-state index contributed by atoms with van der Waals surface area (Å²) >= 11 is 0. The van der Waals surface area contributed by atoms with Crippen LogP contribution in [0.2, 0.25) is 0 Å². The second-order valence-electron chi connectivity index (χ2n) is 8.07. The summed E-state index contributed by atoms with van der Waals surface area (Å²) in [7, 11) is 0. The van der Waals surface area contributed by atoms with Gasteiger partial charge in [0.2, 0.25) is 5.91 Å². The standard InChI is InChI=1S/C24H30N4O2/c1-18-4-2-3-5-22(18)27-12-14-28(15-13-27)23(29)17-26-24(30)21-7-6-19-8-10-25-11-9-20(19)16-21/h2-7,16,25H,8-15,17H2,1H3,(H,26,30). The van der Waals surface area contributed by atoms with Crippen molar-refractivity contribution in [1.82, 2.24) is 15.5 Å². The summed E-state index contributed by atoms with van der Waals surface area (Å²) in [5.74, 6) is -0.200. The van der Waals surface area contributed by atoms with Crippen molar-refractivity contribution in [3.8, 4) is 0 Å². The van der Waals surface area contributed by atoms with Gasteiger partial charge in [-0.1, -0.05) is 24.3 Å². The smallest absolute Gasteiger partial charge is 0.251 e. The molecule has 6 heteroatoms. The van der Waals surface area contributed by atoms with E-state index in [2.05, 4.69) is 34.6 Å². The first-order chi connectivity index (χ1) is 14.6. The maximum Gasteiger partial charge on any atom is 0.251 e. The van der Waals surface area contributed by atoms with Crippen molar-refractivity contribution >= 4 is 17.5 Å². The average molecular weight is 407 g/mol. The number of piperazine rings is 1. The van der Waals surface area contributed by atoms with E-state index in [1.807, 2.05) is 35.2 Å². The minimum Gasteiger partial charge on any atom is -0.368 e. The van der Waals surface area contributed by atoms with E-state index in [9.17, 15) is 9.59 Å². The number of rotatable bonds is 4. The van der Waals surface area contributed by atoms with Gasteiger partial charge >= 0.3 is 0 Å². The van der Waals surface area contributed by atoms with Crippen LogP contribution in [0.15, 0.2) is 42.5 Å². The van der Waals surface area contributed by atoms with Gasteiger partial charge in [0, 0.05) is 37.4 Å². The van der Waals surface area contributed by atoms with Gasteiger partial charge in [-0.25, -0.2) is 0 Å². The largest absolute Gasteiger partial charge is 0.368 e. The van der Waals surface area contributed by atoms with Crippen molar-refractivity contribution < 1.29 is 9.59 Å². The summed E-state index contributed by atoms with van der Waals surface area (Å²) in [6, 6.07) is 14.2. The maximum atomic E-state index is 12.6. The molecular formula is C24H30N4O2. The lowest BCUT2D eigenvalue weighted by atomic mass is 10.00. The van der Waals surface area contributed by atoms with Gasteiger partial charge in [-0.15, -0.1) is 0 Å². The second-order valence-corrected chi connectivity index (χ2v) is 8.07. The van der Waals surface area contributed by atoms with Crippen LogP contribution in [0.4, 0.5) is 5.69 Å². The van der Waals surface area contributed by atoms with Gasteiger partial charge < -0.3 is 20.4 Å². The summed E-state index contributed by atoms with van der Waals surface area (Å²) in [6.45, 7) is 7.04. The molecule has 1 saturated heterocycles. The molecule has 0 bridgehead atoms. The zero-order chi connectivity index (χ0) is 20.9. The van der Waals surface area contributed by atoms with Gasteiger partial charge in [-0.05, 0) is 67.7 Å². The lowest BCUT2D eigenvalue weighted by Crippen LogP contribution is -2.51. The summed E-state index contributed by atoms with van der Waals surface area (Å²) < 4.78 is 0. The summed E-state index contributed by atoms with van der Waals surface area (Å²) in [5, 5.41) is 6.19. The SMILES string of the molecule is Cc1ccccc1N1CCN(C(=O)CNC(=O)c2ccc3c(c2)CCNCC3)CC1. The molecule has 0 aromatic heterocycles. The normalized spacial score (nSPS) is 16.6. The maximum absolute atomic E-state index is 12.6. The van der Waals surface area contributed by atoms with E-state index in [0.29, 0.717) is 18.7 Å². The number of aryl methyl sites for hydroxylation is 1. The highest BCUT2D eigenvalue weighted by Crippen LogP contribution is 2.21. The van der Waals surface area contributed by atoms with E-state index < -0.39 is 0 Å². The van der Waals surface area contributed by atoms with Crippen LogP contribution in [0.5, 0.6) is 0 Å². The molecule has 158 valence electrons. The number of amides is 2. The van der Waals surface area contributed by atoms with Gasteiger partial charge in [0.05, 0.1) is 6.54 Å². The van der Waals surface area contributed by atoms with E-state index in [1.54, 1.807) is 0 Å². The fraction of sp³-hybridized carbons (Fsp3) is 0.417. The highest BCUT2D eigenvalue weighted by atomic mass is 16.2. The van der Waals surface area contributed by atoms with Gasteiger partial charge in [0.25, 0.3) is 5.91 Å². The van der Waals surface area contributed by atoms with Crippen molar-refractivity contribution in [2.24, 2.45) is 0 Å². The Morgan fingerprint density at radius 1 is 0.967 bits per heavy atom. The van der Waals surface area contributed by atoms with Gasteiger partial charge in [0.1, 0.15) is 0 Å². The number of fused-ring (bicyclic) bond motifs is 1. The number of hydrogen-bond acceptors (Lipinski definition) is 4. The number of carbonyl (C=O) groups is 2. The first-order valence-electron chi connectivity index (χ1n) is 10.8. The Hall–Kier alpha value is -2.86. The number of benzene rings is 2. The number of carbonyl (C=O) groups excluding carboxylic acids is 2. The summed E-state index contributed by atoms with van der Waals surface area (Å²) in [6.07, 6.45) is 1.92. The van der Waals surface area contributed by atoms with Crippen LogP contribution in [0.3, 0.4) is 0 Å². The Morgan fingerprint density at radius 2 is 1.70 bits per heavy atom. The molecule has 2 aromatic rings. The summed E-state index contributed by atoms with van der Waals surface area (Å²) in [5.41, 5.74) is 5.65. The molecule has 0 atom stereocenters. The molecule has 2 N–H and O–H groups in total. The predicted octanol–water partition coefficient (Wildman–Crippen LogP) is 1.76. The molecule has 30 heavy (non-hydrogen) atoms. The second kappa shape index (κ2) is 9.30. The van der Waals surface area contributed by atoms with Crippen molar-refractivity contribution in [2.75, 3.05) is 50.7 Å². The Labute approximate surface area is 178 Å². The monoisotopic (exact) mass is 406 g/mol. The number of nitrogens with zero attached hydrogens (tertiary/aromatic N) is 2. The van der Waals surface area contributed by atoms with Crippen LogP contribution in [-0.4, -0.2) is 62.5 Å². The molecule has 2 aliphatic rings. The van der Waals surface area contributed by atoms with Crippen LogP contribution in [0.25, 0.3) is 0 Å². The Bertz CT molecular complexity index is 919. The Morgan fingerprint density at radius 3 is 2.47 bits per heavy atom. The molecule has 1 fully saturated rings. The third kappa shape index (κ3) is 4.65. The van der Waals surface area contributed by atoms with Crippen LogP contribution in [0.1, 0.15) is 27.0 Å². The zero-order valence-corrected chi connectivity index (χ0v) is 17.6. The van der Waals surface area contributed by atoms with E-state index >= 15 is 0 Å². The lowest BCUT2D eigenvalue weighted by Gasteiger charge is -2.36. The molecule has 0 radical (unpaired) electrons. The van der Waals surface area contributed by atoms with Crippen molar-refractivity contribution in [3.63, 3.8) is 0 Å². The molecule has 0 unspecified atom stereocenters. The number of hydrogen-bond donors (Lipinski definition) is 2. The predicted molar refractivity (Wildman–Crippen MR) is 119 cm³/mol. The molecule has 0 aliphatic carbocycles. The van der Waals surface area contributed by atoms with Crippen LogP contribution >= 0.6 is 0 Å². The van der Waals surface area contributed by atoms with Crippen molar-refractivity contribution in [1.29, 1.82) is 0 Å². The third-order valence-corrected chi connectivity index (χ3v) is 6.10. The minimum absolute atomic E-state index is 0.0215. The molecule has 0 saturated carbocycles. The van der Waals surface area contributed by atoms with Crippen LogP contribution < -0.4 is 15.5 Å². The van der Waals surface area contributed by atoms with Gasteiger partial charge in [0.15, 0.2) is 0 Å². The first-order valence-corrected chi connectivity index (χ1v) is 10.8. The topological polar surface area (TPSA) is 64.7 Å². The highest BCUT2D eigenvalue weighted by molar-refractivity contribution is 5.96. The molecule has 6 nitrogen and oxygen atoms in total. The number of nitrogens with one attached hydrogen (secondary N) is 2. The molecule has 2 aromatic carbocycles. The molecule has 2 aliphatic heterocycles.